The van der Waals surface area contributed by atoms with Crippen molar-refractivity contribution in [2.24, 2.45) is 0 Å². The highest BCUT2D eigenvalue weighted by atomic mass is 16.7. The highest BCUT2D eigenvalue weighted by molar-refractivity contribution is 5.88. The first-order valence-electron chi connectivity index (χ1n) is 6.94. The van der Waals surface area contributed by atoms with Crippen LogP contribution in [0.1, 0.15) is 5.56 Å². The zero-order valence-electron chi connectivity index (χ0n) is 11.7. The standard InChI is InChI=1S/C16H17NO4/c18-16(17-7-9-19-10-8-17)4-2-1-3-13-5-6-14-15(11-13)21-12-20-14/h1-6,11H,7-10,12H2/b3-1+,4-2+. The molecular weight excluding hydrogens is 270 g/mol. The first kappa shape index (κ1) is 13.7. The monoisotopic (exact) mass is 287 g/mol. The summed E-state index contributed by atoms with van der Waals surface area (Å²) in [7, 11) is 0. The number of benzene rings is 1. The second kappa shape index (κ2) is 6.45. The van der Waals surface area contributed by atoms with E-state index < -0.39 is 0 Å². The summed E-state index contributed by atoms with van der Waals surface area (Å²) in [5.74, 6) is 1.55. The smallest absolute Gasteiger partial charge is 0.246 e. The maximum absolute atomic E-state index is 11.9. The summed E-state index contributed by atoms with van der Waals surface area (Å²) in [6, 6.07) is 5.74. The molecular formula is C16H17NO4. The Bertz CT molecular complexity index is 574. The van der Waals surface area contributed by atoms with Crippen LogP contribution in [0.5, 0.6) is 11.5 Å². The van der Waals surface area contributed by atoms with Crippen molar-refractivity contribution < 1.29 is 19.0 Å². The SMILES string of the molecule is O=C(/C=C/C=C/c1ccc2c(c1)OCO2)N1CCOCC1. The van der Waals surface area contributed by atoms with Crippen molar-refractivity contribution in [2.75, 3.05) is 33.1 Å². The molecule has 1 aromatic rings. The van der Waals surface area contributed by atoms with Gasteiger partial charge in [0.2, 0.25) is 12.7 Å². The van der Waals surface area contributed by atoms with E-state index in [0.717, 1.165) is 17.1 Å². The van der Waals surface area contributed by atoms with Crippen molar-refractivity contribution in [1.29, 1.82) is 0 Å². The summed E-state index contributed by atoms with van der Waals surface area (Å²) in [5.41, 5.74) is 1.00. The minimum Gasteiger partial charge on any atom is -0.454 e. The predicted molar refractivity (Wildman–Crippen MR) is 78.1 cm³/mol. The van der Waals surface area contributed by atoms with E-state index in [9.17, 15) is 4.79 Å². The number of ether oxygens (including phenoxy) is 3. The van der Waals surface area contributed by atoms with Gasteiger partial charge in [-0.2, -0.15) is 0 Å². The molecule has 1 aromatic carbocycles. The van der Waals surface area contributed by atoms with E-state index in [-0.39, 0.29) is 12.7 Å². The van der Waals surface area contributed by atoms with Gasteiger partial charge in [0, 0.05) is 19.2 Å². The van der Waals surface area contributed by atoms with Crippen molar-refractivity contribution >= 4 is 12.0 Å². The largest absolute Gasteiger partial charge is 0.454 e. The molecule has 0 spiro atoms. The molecule has 0 unspecified atom stereocenters. The number of rotatable bonds is 3. The lowest BCUT2D eigenvalue weighted by atomic mass is 10.2. The molecule has 1 amide bonds. The van der Waals surface area contributed by atoms with Crippen molar-refractivity contribution in [3.63, 3.8) is 0 Å². The van der Waals surface area contributed by atoms with E-state index in [4.69, 9.17) is 14.2 Å². The second-order valence-electron chi connectivity index (χ2n) is 4.77. The normalized spacial score (nSPS) is 17.8. The number of morpholine rings is 1. The van der Waals surface area contributed by atoms with Crippen LogP contribution < -0.4 is 9.47 Å². The second-order valence-corrected chi connectivity index (χ2v) is 4.77. The number of hydrogen-bond acceptors (Lipinski definition) is 4. The van der Waals surface area contributed by atoms with Crippen molar-refractivity contribution in [3.8, 4) is 11.5 Å². The Morgan fingerprint density at radius 3 is 2.76 bits per heavy atom. The number of carbonyl (C=O) groups excluding carboxylic acids is 1. The van der Waals surface area contributed by atoms with Crippen LogP contribution >= 0.6 is 0 Å². The van der Waals surface area contributed by atoms with Gasteiger partial charge in [-0.05, 0) is 17.7 Å². The Hall–Kier alpha value is -2.27. The van der Waals surface area contributed by atoms with Gasteiger partial charge in [-0.25, -0.2) is 0 Å². The number of carbonyl (C=O) groups is 1. The van der Waals surface area contributed by atoms with E-state index in [1.165, 1.54) is 0 Å². The number of amides is 1. The van der Waals surface area contributed by atoms with Gasteiger partial charge in [-0.1, -0.05) is 24.3 Å². The molecule has 0 aromatic heterocycles. The van der Waals surface area contributed by atoms with Crippen LogP contribution in [0.25, 0.3) is 6.08 Å². The summed E-state index contributed by atoms with van der Waals surface area (Å²) in [5, 5.41) is 0. The van der Waals surface area contributed by atoms with E-state index in [2.05, 4.69) is 0 Å². The zero-order chi connectivity index (χ0) is 14.5. The summed E-state index contributed by atoms with van der Waals surface area (Å²) in [4.78, 5) is 13.7. The van der Waals surface area contributed by atoms with Gasteiger partial charge >= 0.3 is 0 Å². The highest BCUT2D eigenvalue weighted by Crippen LogP contribution is 2.32. The summed E-state index contributed by atoms with van der Waals surface area (Å²) in [6.07, 6.45) is 7.10. The maximum atomic E-state index is 11.9. The van der Waals surface area contributed by atoms with Crippen LogP contribution in [0.3, 0.4) is 0 Å². The fourth-order valence-corrected chi connectivity index (χ4v) is 2.21. The van der Waals surface area contributed by atoms with Crippen molar-refractivity contribution in [1.82, 2.24) is 4.90 Å². The average Bonchev–Trinajstić information content (AvgIpc) is 3.00. The first-order valence-corrected chi connectivity index (χ1v) is 6.94. The molecule has 0 atom stereocenters. The van der Waals surface area contributed by atoms with Gasteiger partial charge < -0.3 is 19.1 Å². The molecule has 21 heavy (non-hydrogen) atoms. The third-order valence-electron chi connectivity index (χ3n) is 3.36. The average molecular weight is 287 g/mol. The van der Waals surface area contributed by atoms with Crippen LogP contribution in [0.2, 0.25) is 0 Å². The Morgan fingerprint density at radius 1 is 1.10 bits per heavy atom. The van der Waals surface area contributed by atoms with E-state index >= 15 is 0 Å². The molecule has 0 bridgehead atoms. The van der Waals surface area contributed by atoms with E-state index in [1.807, 2.05) is 30.4 Å². The number of fused-ring (bicyclic) bond motifs is 1. The highest BCUT2D eigenvalue weighted by Gasteiger charge is 2.14. The van der Waals surface area contributed by atoms with Gasteiger partial charge in [0.15, 0.2) is 11.5 Å². The van der Waals surface area contributed by atoms with Gasteiger partial charge in [-0.3, -0.25) is 4.79 Å². The fourth-order valence-electron chi connectivity index (χ4n) is 2.21. The Kier molecular flexibility index (Phi) is 4.21. The summed E-state index contributed by atoms with van der Waals surface area (Å²) in [6.45, 7) is 2.83. The lowest BCUT2D eigenvalue weighted by Crippen LogP contribution is -2.39. The maximum Gasteiger partial charge on any atom is 0.246 e. The molecule has 0 saturated carbocycles. The molecule has 0 aliphatic carbocycles. The van der Waals surface area contributed by atoms with Crippen LogP contribution in [0, 0.1) is 0 Å². The number of allylic oxidation sites excluding steroid dienone is 2. The number of hydrogen-bond donors (Lipinski definition) is 0. The topological polar surface area (TPSA) is 48.0 Å². The molecule has 2 heterocycles. The van der Waals surface area contributed by atoms with Gasteiger partial charge in [0.05, 0.1) is 13.2 Å². The molecule has 1 saturated heterocycles. The molecule has 3 rings (SSSR count). The van der Waals surface area contributed by atoms with Crippen molar-refractivity contribution in [3.05, 3.63) is 42.0 Å². The lowest BCUT2D eigenvalue weighted by Gasteiger charge is -2.25. The quantitative estimate of drug-likeness (QED) is 0.629. The first-order chi connectivity index (χ1) is 10.3. The third kappa shape index (κ3) is 3.44. The van der Waals surface area contributed by atoms with Crippen molar-refractivity contribution in [2.45, 2.75) is 0 Å². The van der Waals surface area contributed by atoms with Gasteiger partial charge in [0.25, 0.3) is 0 Å². The summed E-state index contributed by atoms with van der Waals surface area (Å²) >= 11 is 0. The zero-order valence-corrected chi connectivity index (χ0v) is 11.7. The minimum absolute atomic E-state index is 0.0219. The van der Waals surface area contributed by atoms with Crippen LogP contribution in [-0.4, -0.2) is 43.9 Å². The van der Waals surface area contributed by atoms with E-state index in [0.29, 0.717) is 26.3 Å². The van der Waals surface area contributed by atoms with Gasteiger partial charge in [-0.15, -0.1) is 0 Å². The Labute approximate surface area is 123 Å². The minimum atomic E-state index is 0.0219. The van der Waals surface area contributed by atoms with Crippen LogP contribution in [0.4, 0.5) is 0 Å². The van der Waals surface area contributed by atoms with Gasteiger partial charge in [0.1, 0.15) is 0 Å². The molecule has 2 aliphatic heterocycles. The van der Waals surface area contributed by atoms with Crippen LogP contribution in [-0.2, 0) is 9.53 Å². The fraction of sp³-hybridized carbons (Fsp3) is 0.312. The molecule has 2 aliphatic rings. The Balaban J connectivity index is 1.56. The summed E-state index contributed by atoms with van der Waals surface area (Å²) < 4.78 is 15.8. The Morgan fingerprint density at radius 2 is 1.90 bits per heavy atom. The molecule has 0 radical (unpaired) electrons. The molecule has 1 fully saturated rings. The predicted octanol–water partition coefficient (Wildman–Crippen LogP) is 1.84. The van der Waals surface area contributed by atoms with E-state index in [1.54, 1.807) is 17.1 Å². The lowest BCUT2D eigenvalue weighted by molar-refractivity contribution is -0.129. The van der Waals surface area contributed by atoms with Crippen LogP contribution in [0.15, 0.2) is 36.4 Å². The molecule has 0 N–H and O–H groups in total. The molecule has 110 valence electrons. The number of nitrogens with zero attached hydrogens (tertiary/aromatic N) is 1. The third-order valence-corrected chi connectivity index (χ3v) is 3.36. The molecule has 5 heteroatoms. The molecule has 5 nitrogen and oxygen atoms in total.